The van der Waals surface area contributed by atoms with Crippen LogP contribution in [0.25, 0.3) is 0 Å². The third-order valence-corrected chi connectivity index (χ3v) is 5.26. The van der Waals surface area contributed by atoms with E-state index in [4.69, 9.17) is 11.6 Å². The fraction of sp³-hybridized carbons (Fsp3) is 0.316. The molecule has 3 atom stereocenters. The van der Waals surface area contributed by atoms with E-state index in [0.717, 1.165) is 18.4 Å². The van der Waals surface area contributed by atoms with Crippen molar-refractivity contribution in [3.05, 3.63) is 70.5 Å². The van der Waals surface area contributed by atoms with Crippen molar-refractivity contribution < 1.29 is 9.18 Å². The number of rotatable bonds is 4. The Morgan fingerprint density at radius 3 is 2.48 bits per heavy atom. The van der Waals surface area contributed by atoms with Gasteiger partial charge in [-0.15, -0.1) is 0 Å². The first-order valence-corrected chi connectivity index (χ1v) is 8.83. The molecule has 3 N–H and O–H groups in total. The van der Waals surface area contributed by atoms with E-state index >= 15 is 0 Å². The predicted molar refractivity (Wildman–Crippen MR) is 94.6 cm³/mol. The maximum Gasteiger partial charge on any atom is 0.253 e. The monoisotopic (exact) mass is 359 g/mol. The Hall–Kier alpha value is -1.95. The quantitative estimate of drug-likeness (QED) is 0.785. The Morgan fingerprint density at radius 1 is 1.08 bits per heavy atom. The number of halogens is 2. The third kappa shape index (κ3) is 3.40. The highest BCUT2D eigenvalue weighted by atomic mass is 35.5. The summed E-state index contributed by atoms with van der Waals surface area (Å²) in [5.74, 6) is 0.0680. The molecule has 0 bridgehead atoms. The van der Waals surface area contributed by atoms with Crippen molar-refractivity contribution in [3.8, 4) is 0 Å². The zero-order valence-corrected chi connectivity index (χ0v) is 14.3. The number of hydrogen-bond acceptors (Lipinski definition) is 3. The van der Waals surface area contributed by atoms with E-state index in [-0.39, 0.29) is 29.8 Å². The van der Waals surface area contributed by atoms with Crippen LogP contribution in [0.3, 0.4) is 0 Å². The van der Waals surface area contributed by atoms with Crippen LogP contribution in [0.5, 0.6) is 0 Å². The molecule has 2 aromatic rings. The Balaban J connectivity index is 1.59. The van der Waals surface area contributed by atoms with E-state index in [0.29, 0.717) is 16.5 Å². The molecule has 0 radical (unpaired) electrons. The van der Waals surface area contributed by atoms with Crippen molar-refractivity contribution in [2.75, 3.05) is 0 Å². The fourth-order valence-electron chi connectivity index (χ4n) is 3.45. The number of amides is 1. The first kappa shape index (κ1) is 16.5. The van der Waals surface area contributed by atoms with Gasteiger partial charge in [0.05, 0.1) is 22.7 Å². The zero-order valence-electron chi connectivity index (χ0n) is 13.5. The largest absolute Gasteiger partial charge is 0.346 e. The second-order valence-electron chi connectivity index (χ2n) is 6.66. The molecule has 2 fully saturated rings. The highest BCUT2D eigenvalue weighted by molar-refractivity contribution is 6.33. The lowest BCUT2D eigenvalue weighted by Crippen LogP contribution is -2.46. The molecule has 1 heterocycles. The normalized spacial score (nSPS) is 25.8. The number of hydrogen-bond donors (Lipinski definition) is 3. The average molecular weight is 360 g/mol. The summed E-state index contributed by atoms with van der Waals surface area (Å²) in [6, 6.07) is 13.3. The molecule has 25 heavy (non-hydrogen) atoms. The summed E-state index contributed by atoms with van der Waals surface area (Å²) >= 11 is 6.15. The molecule has 1 amide bonds. The molecule has 1 saturated carbocycles. The molecular formula is C19H19ClFN3O. The van der Waals surface area contributed by atoms with Crippen LogP contribution in [0.1, 0.15) is 34.8 Å². The van der Waals surface area contributed by atoms with Crippen LogP contribution in [0.4, 0.5) is 4.39 Å². The summed E-state index contributed by atoms with van der Waals surface area (Å²) in [5.41, 5.74) is 7.97. The van der Waals surface area contributed by atoms with Gasteiger partial charge in [0.1, 0.15) is 5.82 Å². The van der Waals surface area contributed by atoms with Gasteiger partial charge in [0.15, 0.2) is 0 Å². The van der Waals surface area contributed by atoms with Crippen molar-refractivity contribution in [2.24, 2.45) is 5.92 Å². The SMILES string of the molecule is O=C(NC1C(c2ccc(F)cc2)NNC1C1CC1)c1ccccc1Cl. The van der Waals surface area contributed by atoms with Gasteiger partial charge in [-0.1, -0.05) is 35.9 Å². The molecule has 0 spiro atoms. The number of nitrogens with one attached hydrogen (secondary N) is 3. The molecule has 4 rings (SSSR count). The summed E-state index contributed by atoms with van der Waals surface area (Å²) < 4.78 is 13.2. The van der Waals surface area contributed by atoms with Gasteiger partial charge >= 0.3 is 0 Å². The number of benzene rings is 2. The van der Waals surface area contributed by atoms with Gasteiger partial charge in [-0.2, -0.15) is 0 Å². The Morgan fingerprint density at radius 2 is 1.80 bits per heavy atom. The molecule has 6 heteroatoms. The van der Waals surface area contributed by atoms with Gasteiger partial charge in [-0.25, -0.2) is 9.82 Å². The van der Waals surface area contributed by atoms with Gasteiger partial charge in [0.25, 0.3) is 5.91 Å². The minimum Gasteiger partial charge on any atom is -0.346 e. The summed E-state index contributed by atoms with van der Waals surface area (Å²) in [6.45, 7) is 0. The molecule has 1 aliphatic heterocycles. The van der Waals surface area contributed by atoms with Gasteiger partial charge in [0, 0.05) is 6.04 Å². The molecule has 0 aromatic heterocycles. The van der Waals surface area contributed by atoms with Crippen LogP contribution >= 0.6 is 11.6 Å². The maximum atomic E-state index is 13.2. The Bertz CT molecular complexity index is 778. The molecule has 1 saturated heterocycles. The zero-order chi connectivity index (χ0) is 17.4. The lowest BCUT2D eigenvalue weighted by molar-refractivity contribution is 0.0928. The summed E-state index contributed by atoms with van der Waals surface area (Å²) in [7, 11) is 0. The van der Waals surface area contributed by atoms with Crippen LogP contribution in [-0.4, -0.2) is 18.0 Å². The highest BCUT2D eigenvalue weighted by Gasteiger charge is 2.45. The first-order valence-electron chi connectivity index (χ1n) is 8.45. The van der Waals surface area contributed by atoms with Gasteiger partial charge in [-0.3, -0.25) is 10.2 Å². The third-order valence-electron chi connectivity index (χ3n) is 4.93. The summed E-state index contributed by atoms with van der Waals surface area (Å²) in [6.07, 6.45) is 2.29. The molecule has 3 unspecified atom stereocenters. The molecule has 4 nitrogen and oxygen atoms in total. The molecule has 2 aromatic carbocycles. The van der Waals surface area contributed by atoms with E-state index in [1.165, 1.54) is 12.1 Å². The van der Waals surface area contributed by atoms with Crippen molar-refractivity contribution in [1.29, 1.82) is 0 Å². The number of carbonyl (C=O) groups is 1. The van der Waals surface area contributed by atoms with Crippen molar-refractivity contribution in [1.82, 2.24) is 16.2 Å². The van der Waals surface area contributed by atoms with Crippen molar-refractivity contribution in [2.45, 2.75) is 31.0 Å². The summed E-state index contributed by atoms with van der Waals surface area (Å²) in [5, 5.41) is 3.56. The van der Waals surface area contributed by atoms with Crippen LogP contribution in [-0.2, 0) is 0 Å². The Kier molecular flexibility index (Phi) is 4.46. The Labute approximate surface area is 150 Å². The average Bonchev–Trinajstić information content (AvgIpc) is 3.37. The fourth-order valence-corrected chi connectivity index (χ4v) is 3.67. The smallest absolute Gasteiger partial charge is 0.253 e. The second kappa shape index (κ2) is 6.75. The topological polar surface area (TPSA) is 53.2 Å². The van der Waals surface area contributed by atoms with E-state index in [2.05, 4.69) is 16.2 Å². The minimum absolute atomic E-state index is 0.127. The van der Waals surface area contributed by atoms with E-state index in [9.17, 15) is 9.18 Å². The lowest BCUT2D eigenvalue weighted by atomic mass is 9.93. The minimum atomic E-state index is -0.273. The standard InChI is InChI=1S/C19H19ClFN3O/c20-15-4-2-1-3-14(15)19(25)22-18-16(11-5-6-11)23-24-17(18)12-7-9-13(21)10-8-12/h1-4,7-11,16-18,23-24H,5-6H2,(H,22,25). The van der Waals surface area contributed by atoms with Crippen molar-refractivity contribution >= 4 is 17.5 Å². The van der Waals surface area contributed by atoms with E-state index < -0.39 is 0 Å². The first-order chi connectivity index (χ1) is 12.1. The van der Waals surface area contributed by atoms with E-state index in [1.54, 1.807) is 36.4 Å². The van der Waals surface area contributed by atoms with E-state index in [1.807, 2.05) is 0 Å². The predicted octanol–water partition coefficient (Wildman–Crippen LogP) is 3.21. The van der Waals surface area contributed by atoms with Gasteiger partial charge in [0.2, 0.25) is 0 Å². The molecule has 130 valence electrons. The lowest BCUT2D eigenvalue weighted by Gasteiger charge is -2.25. The summed E-state index contributed by atoms with van der Waals surface area (Å²) in [4.78, 5) is 12.7. The second-order valence-corrected chi connectivity index (χ2v) is 7.07. The molecule has 2 aliphatic rings. The number of hydrazine groups is 1. The van der Waals surface area contributed by atoms with Gasteiger partial charge < -0.3 is 5.32 Å². The number of carbonyl (C=O) groups excluding carboxylic acids is 1. The van der Waals surface area contributed by atoms with Crippen LogP contribution < -0.4 is 16.2 Å². The van der Waals surface area contributed by atoms with Crippen LogP contribution in [0.15, 0.2) is 48.5 Å². The molecule has 1 aliphatic carbocycles. The van der Waals surface area contributed by atoms with Crippen LogP contribution in [0, 0.1) is 11.7 Å². The van der Waals surface area contributed by atoms with Gasteiger partial charge in [-0.05, 0) is 48.6 Å². The van der Waals surface area contributed by atoms with Crippen LogP contribution in [0.2, 0.25) is 5.02 Å². The maximum absolute atomic E-state index is 13.2. The molecular weight excluding hydrogens is 341 g/mol. The highest BCUT2D eigenvalue weighted by Crippen LogP contribution is 2.39. The van der Waals surface area contributed by atoms with Crippen molar-refractivity contribution in [3.63, 3.8) is 0 Å².